The van der Waals surface area contributed by atoms with Gasteiger partial charge in [-0.1, -0.05) is 22.0 Å². The van der Waals surface area contributed by atoms with Crippen LogP contribution in [0, 0.1) is 0 Å². The van der Waals surface area contributed by atoms with Gasteiger partial charge in [0.2, 0.25) is 0 Å². The fraction of sp³-hybridized carbons (Fsp3) is 0. The van der Waals surface area contributed by atoms with E-state index in [1.54, 1.807) is 24.3 Å². The van der Waals surface area contributed by atoms with Gasteiger partial charge in [0.1, 0.15) is 16.4 Å². The Morgan fingerprint density at radius 1 is 1.00 bits per heavy atom. The van der Waals surface area contributed by atoms with Crippen molar-refractivity contribution in [1.82, 2.24) is 15.0 Å². The number of nitrogens with zero attached hydrogens (tertiary/aromatic N) is 3. The van der Waals surface area contributed by atoms with Crippen LogP contribution in [0.2, 0.25) is 0 Å². The monoisotopic (exact) mass is 317 g/mol. The first-order chi connectivity index (χ1) is 8.83. The molecule has 0 aliphatic heterocycles. The minimum absolute atomic E-state index is 0.917. The van der Waals surface area contributed by atoms with Gasteiger partial charge >= 0.3 is 0 Å². The van der Waals surface area contributed by atoms with Crippen LogP contribution in [-0.2, 0) is 0 Å². The zero-order valence-corrected chi connectivity index (χ0v) is 11.6. The number of halogens is 1. The van der Waals surface area contributed by atoms with E-state index in [0.29, 0.717) is 0 Å². The summed E-state index contributed by atoms with van der Waals surface area (Å²) in [7, 11) is 0. The molecule has 2 aromatic heterocycles. The van der Waals surface area contributed by atoms with Crippen LogP contribution in [-0.4, -0.2) is 15.0 Å². The summed E-state index contributed by atoms with van der Waals surface area (Å²) in [6.07, 6.45) is 3.36. The first-order valence-corrected chi connectivity index (χ1v) is 6.93. The molecule has 88 valence electrons. The third-order valence-electron chi connectivity index (χ3n) is 2.40. The molecule has 18 heavy (non-hydrogen) atoms. The Labute approximate surface area is 117 Å². The van der Waals surface area contributed by atoms with Gasteiger partial charge in [-0.15, -0.1) is 0 Å². The molecule has 0 unspecified atom stereocenters. The largest absolute Gasteiger partial charge is 0.250 e. The normalized spacial score (nSPS) is 10.7. The van der Waals surface area contributed by atoms with E-state index in [0.717, 1.165) is 25.4 Å². The molecule has 3 nitrogen and oxygen atoms in total. The van der Waals surface area contributed by atoms with Crippen molar-refractivity contribution in [2.24, 2.45) is 0 Å². The van der Waals surface area contributed by atoms with E-state index >= 15 is 0 Å². The lowest BCUT2D eigenvalue weighted by atomic mass is 10.2. The Morgan fingerprint density at radius 3 is 2.78 bits per heavy atom. The van der Waals surface area contributed by atoms with Crippen LogP contribution in [0.3, 0.4) is 0 Å². The van der Waals surface area contributed by atoms with Gasteiger partial charge in [-0.2, -0.15) is 0 Å². The third kappa shape index (κ3) is 2.37. The molecule has 0 N–H and O–H groups in total. The van der Waals surface area contributed by atoms with Crippen LogP contribution < -0.4 is 0 Å². The molecule has 0 radical (unpaired) electrons. The predicted molar refractivity (Wildman–Crippen MR) is 75.6 cm³/mol. The minimum atomic E-state index is 0.917. The second-order valence-electron chi connectivity index (χ2n) is 3.61. The van der Waals surface area contributed by atoms with Crippen molar-refractivity contribution < 1.29 is 0 Å². The van der Waals surface area contributed by atoms with Crippen LogP contribution >= 0.6 is 27.7 Å². The topological polar surface area (TPSA) is 38.7 Å². The molecule has 0 saturated carbocycles. The van der Waals surface area contributed by atoms with Crippen molar-refractivity contribution in [2.75, 3.05) is 0 Å². The number of benzene rings is 1. The number of fused-ring (bicyclic) bond motifs is 1. The van der Waals surface area contributed by atoms with Crippen molar-refractivity contribution in [3.8, 4) is 0 Å². The molecule has 5 heteroatoms. The molecule has 0 atom stereocenters. The fourth-order valence-electron chi connectivity index (χ4n) is 1.59. The zero-order chi connectivity index (χ0) is 12.4. The van der Waals surface area contributed by atoms with E-state index in [-0.39, 0.29) is 0 Å². The highest BCUT2D eigenvalue weighted by Gasteiger charge is 2.06. The Balaban J connectivity index is 2.09. The van der Waals surface area contributed by atoms with Crippen molar-refractivity contribution in [1.29, 1.82) is 0 Å². The molecular weight excluding hydrogens is 310 g/mol. The summed E-state index contributed by atoms with van der Waals surface area (Å²) in [5.41, 5.74) is 0.937. The maximum absolute atomic E-state index is 4.33. The summed E-state index contributed by atoms with van der Waals surface area (Å²) in [6, 6.07) is 11.8. The van der Waals surface area contributed by atoms with Crippen LogP contribution in [0.4, 0.5) is 0 Å². The van der Waals surface area contributed by atoms with Crippen LogP contribution in [0.25, 0.3) is 10.9 Å². The standard InChI is InChI=1S/C13H8BrN3S/c14-9-4-5-11-10(7-9)13(17-8-16-11)18-12-3-1-2-6-15-12/h1-8H. The van der Waals surface area contributed by atoms with E-state index in [9.17, 15) is 0 Å². The molecule has 0 spiro atoms. The maximum Gasteiger partial charge on any atom is 0.117 e. The van der Waals surface area contributed by atoms with Gasteiger partial charge in [-0.25, -0.2) is 15.0 Å². The minimum Gasteiger partial charge on any atom is -0.250 e. The molecule has 0 aliphatic rings. The smallest absolute Gasteiger partial charge is 0.117 e. The number of hydrogen-bond donors (Lipinski definition) is 0. The molecule has 3 aromatic rings. The van der Waals surface area contributed by atoms with E-state index in [2.05, 4.69) is 30.9 Å². The first-order valence-electron chi connectivity index (χ1n) is 5.32. The third-order valence-corrected chi connectivity index (χ3v) is 3.86. The predicted octanol–water partition coefficient (Wildman–Crippen LogP) is 3.94. The van der Waals surface area contributed by atoms with Crippen molar-refractivity contribution in [3.63, 3.8) is 0 Å². The number of rotatable bonds is 2. The van der Waals surface area contributed by atoms with Gasteiger partial charge in [0.05, 0.1) is 5.52 Å². The Bertz CT molecular complexity index is 688. The Kier molecular flexibility index (Phi) is 3.25. The van der Waals surface area contributed by atoms with Gasteiger partial charge in [0.15, 0.2) is 0 Å². The van der Waals surface area contributed by atoms with E-state index in [4.69, 9.17) is 0 Å². The number of aromatic nitrogens is 3. The average Bonchev–Trinajstić information content (AvgIpc) is 2.41. The molecule has 3 rings (SSSR count). The van der Waals surface area contributed by atoms with Gasteiger partial charge in [-0.05, 0) is 42.1 Å². The second-order valence-corrected chi connectivity index (χ2v) is 5.54. The molecule has 0 amide bonds. The molecule has 0 saturated heterocycles. The maximum atomic E-state index is 4.33. The summed E-state index contributed by atoms with van der Waals surface area (Å²) < 4.78 is 1.02. The van der Waals surface area contributed by atoms with Crippen LogP contribution in [0.15, 0.2) is 63.4 Å². The SMILES string of the molecule is Brc1ccc2ncnc(Sc3ccccn3)c2c1. The quantitative estimate of drug-likeness (QED) is 0.671. The molecule has 1 aromatic carbocycles. The van der Waals surface area contributed by atoms with E-state index < -0.39 is 0 Å². The summed E-state index contributed by atoms with van der Waals surface area (Å²) >= 11 is 5.01. The summed E-state index contributed by atoms with van der Waals surface area (Å²) in [4.78, 5) is 12.9. The van der Waals surface area contributed by atoms with Crippen molar-refractivity contribution in [2.45, 2.75) is 10.1 Å². The van der Waals surface area contributed by atoms with Gasteiger partial charge in [-0.3, -0.25) is 0 Å². The summed E-state index contributed by atoms with van der Waals surface area (Å²) in [6.45, 7) is 0. The molecule has 2 heterocycles. The summed E-state index contributed by atoms with van der Waals surface area (Å²) in [5, 5.41) is 2.88. The summed E-state index contributed by atoms with van der Waals surface area (Å²) in [5.74, 6) is 0. The highest BCUT2D eigenvalue weighted by Crippen LogP contribution is 2.30. The van der Waals surface area contributed by atoms with Crippen LogP contribution in [0.5, 0.6) is 0 Å². The highest BCUT2D eigenvalue weighted by molar-refractivity contribution is 9.10. The lowest BCUT2D eigenvalue weighted by Crippen LogP contribution is -1.87. The van der Waals surface area contributed by atoms with E-state index in [1.165, 1.54) is 0 Å². The average molecular weight is 318 g/mol. The molecular formula is C13H8BrN3S. The molecule has 0 fully saturated rings. The van der Waals surface area contributed by atoms with Gasteiger partial charge in [0, 0.05) is 16.1 Å². The van der Waals surface area contributed by atoms with Gasteiger partial charge < -0.3 is 0 Å². The number of hydrogen-bond acceptors (Lipinski definition) is 4. The lowest BCUT2D eigenvalue weighted by Gasteiger charge is -2.04. The van der Waals surface area contributed by atoms with Crippen LogP contribution in [0.1, 0.15) is 0 Å². The van der Waals surface area contributed by atoms with Crippen molar-refractivity contribution >= 4 is 38.6 Å². The molecule has 0 bridgehead atoms. The number of pyridine rings is 1. The first kappa shape index (κ1) is 11.6. The van der Waals surface area contributed by atoms with E-state index in [1.807, 2.05) is 36.4 Å². The Morgan fingerprint density at radius 2 is 1.94 bits per heavy atom. The second kappa shape index (κ2) is 5.04. The Hall–Kier alpha value is -1.46. The van der Waals surface area contributed by atoms with Gasteiger partial charge in [0.25, 0.3) is 0 Å². The van der Waals surface area contributed by atoms with Crippen molar-refractivity contribution in [3.05, 3.63) is 53.4 Å². The fourth-order valence-corrected chi connectivity index (χ4v) is 2.79. The lowest BCUT2D eigenvalue weighted by molar-refractivity contribution is 1.08. The zero-order valence-electron chi connectivity index (χ0n) is 9.25. The molecule has 0 aliphatic carbocycles. The highest BCUT2D eigenvalue weighted by atomic mass is 79.9.